The third-order valence-corrected chi connectivity index (χ3v) is 4.85. The Balaban J connectivity index is 1.57. The van der Waals surface area contributed by atoms with Gasteiger partial charge in [-0.15, -0.1) is 0 Å². The van der Waals surface area contributed by atoms with Gasteiger partial charge < -0.3 is 10.4 Å². The first kappa shape index (κ1) is 13.5. The van der Waals surface area contributed by atoms with Crippen molar-refractivity contribution in [3.63, 3.8) is 0 Å². The van der Waals surface area contributed by atoms with Gasteiger partial charge in [0.25, 0.3) is 0 Å². The lowest BCUT2D eigenvalue weighted by atomic mass is 10.1. The first-order chi connectivity index (χ1) is 9.34. The lowest BCUT2D eigenvalue weighted by Gasteiger charge is -2.22. The molecule has 1 aliphatic heterocycles. The van der Waals surface area contributed by atoms with Crippen LogP contribution in [0.2, 0.25) is 0 Å². The number of aliphatic carboxylic acids is 1. The molecule has 2 aliphatic carbocycles. The van der Waals surface area contributed by atoms with Crippen LogP contribution in [-0.2, 0) is 14.4 Å². The molecule has 3 fully saturated rings. The van der Waals surface area contributed by atoms with Crippen molar-refractivity contribution >= 4 is 17.8 Å². The van der Waals surface area contributed by atoms with Crippen molar-refractivity contribution in [1.29, 1.82) is 0 Å². The summed E-state index contributed by atoms with van der Waals surface area (Å²) in [5, 5.41) is 12.2. The summed E-state index contributed by atoms with van der Waals surface area (Å²) in [4.78, 5) is 36.7. The molecule has 6 nitrogen and oxygen atoms in total. The molecule has 0 radical (unpaired) electrons. The summed E-state index contributed by atoms with van der Waals surface area (Å²) in [6.07, 6.45) is 2.29. The predicted molar refractivity (Wildman–Crippen MR) is 69.7 cm³/mol. The van der Waals surface area contributed by atoms with Gasteiger partial charge in [0, 0.05) is 12.6 Å². The number of hydrogen-bond acceptors (Lipinski definition) is 4. The van der Waals surface area contributed by atoms with Gasteiger partial charge in [-0.05, 0) is 24.7 Å². The number of rotatable bonds is 6. The second-order valence-electron chi connectivity index (χ2n) is 6.73. The highest BCUT2D eigenvalue weighted by molar-refractivity contribution is 6.10. The molecule has 2 N–H and O–H groups in total. The smallest absolute Gasteiger partial charge is 0.320 e. The quantitative estimate of drug-likeness (QED) is 0.680. The highest BCUT2D eigenvalue weighted by Crippen LogP contribution is 2.63. The third kappa shape index (κ3) is 2.02. The number of nitrogens with one attached hydrogen (secondary N) is 1. The Bertz CT molecular complexity index is 460. The Kier molecular flexibility index (Phi) is 2.90. The van der Waals surface area contributed by atoms with Crippen LogP contribution in [0.5, 0.6) is 0 Å². The Hall–Kier alpha value is -1.43. The lowest BCUT2D eigenvalue weighted by molar-refractivity contribution is -0.145. The van der Waals surface area contributed by atoms with Crippen LogP contribution in [0, 0.1) is 17.3 Å². The molecule has 3 rings (SSSR count). The Morgan fingerprint density at radius 3 is 2.35 bits per heavy atom. The molecule has 0 aromatic carbocycles. The number of piperidine rings is 1. The molecule has 0 aromatic heterocycles. The van der Waals surface area contributed by atoms with Crippen molar-refractivity contribution < 1.29 is 19.5 Å². The molecule has 0 aromatic rings. The number of amides is 2. The fourth-order valence-electron chi connectivity index (χ4n) is 3.30. The largest absolute Gasteiger partial charge is 0.480 e. The second kappa shape index (κ2) is 4.28. The summed E-state index contributed by atoms with van der Waals surface area (Å²) in [6.45, 7) is 4.08. The van der Waals surface area contributed by atoms with E-state index < -0.39 is 12.0 Å². The number of carboxylic acid groups (broad SMARTS) is 1. The van der Waals surface area contributed by atoms with Gasteiger partial charge in [0.15, 0.2) is 0 Å². The molecule has 6 heteroatoms. The summed E-state index contributed by atoms with van der Waals surface area (Å²) in [6, 6.07) is -0.388. The molecule has 2 amide bonds. The zero-order valence-corrected chi connectivity index (χ0v) is 11.8. The highest BCUT2D eigenvalue weighted by atomic mass is 16.4. The maximum Gasteiger partial charge on any atom is 0.320 e. The molecule has 1 saturated heterocycles. The fourth-order valence-corrected chi connectivity index (χ4v) is 3.30. The molecular formula is C14H20N2O4. The van der Waals surface area contributed by atoms with E-state index >= 15 is 0 Å². The average Bonchev–Trinajstić information content (AvgIpc) is 3.22. The zero-order chi connectivity index (χ0) is 14.7. The van der Waals surface area contributed by atoms with Gasteiger partial charge in [-0.3, -0.25) is 19.3 Å². The summed E-state index contributed by atoms with van der Waals surface area (Å²) in [5.41, 5.74) is -0.205. The monoisotopic (exact) mass is 280 g/mol. The maximum atomic E-state index is 12.1. The molecule has 0 bridgehead atoms. The van der Waals surface area contributed by atoms with Crippen molar-refractivity contribution in [2.45, 2.75) is 45.2 Å². The van der Waals surface area contributed by atoms with E-state index in [4.69, 9.17) is 5.11 Å². The Morgan fingerprint density at radius 2 is 1.90 bits per heavy atom. The topological polar surface area (TPSA) is 86.7 Å². The summed E-state index contributed by atoms with van der Waals surface area (Å²) < 4.78 is 0. The van der Waals surface area contributed by atoms with Crippen molar-refractivity contribution in [3.8, 4) is 0 Å². The minimum Gasteiger partial charge on any atom is -0.480 e. The number of hydrogen-bond donors (Lipinski definition) is 2. The Labute approximate surface area is 117 Å². The van der Waals surface area contributed by atoms with Crippen molar-refractivity contribution in [2.75, 3.05) is 6.54 Å². The predicted octanol–water partition coefficient (Wildman–Crippen LogP) is 0.223. The van der Waals surface area contributed by atoms with Crippen LogP contribution >= 0.6 is 0 Å². The number of imide groups is 1. The summed E-state index contributed by atoms with van der Waals surface area (Å²) in [5.74, 6) is -1.54. The summed E-state index contributed by atoms with van der Waals surface area (Å²) in [7, 11) is 0. The molecular weight excluding hydrogens is 260 g/mol. The van der Waals surface area contributed by atoms with Crippen LogP contribution in [0.3, 0.4) is 0 Å². The van der Waals surface area contributed by atoms with Gasteiger partial charge in [-0.1, -0.05) is 13.8 Å². The van der Waals surface area contributed by atoms with Gasteiger partial charge in [-0.25, -0.2) is 0 Å². The number of fused-ring (bicyclic) bond motifs is 1. The fraction of sp³-hybridized carbons (Fsp3) is 0.786. The van der Waals surface area contributed by atoms with E-state index in [2.05, 4.69) is 5.32 Å². The zero-order valence-electron chi connectivity index (χ0n) is 11.8. The molecule has 3 atom stereocenters. The van der Waals surface area contributed by atoms with Crippen LogP contribution in [0.4, 0.5) is 0 Å². The average molecular weight is 280 g/mol. The first-order valence-corrected chi connectivity index (χ1v) is 7.18. The van der Waals surface area contributed by atoms with Gasteiger partial charge in [0.2, 0.25) is 11.8 Å². The van der Waals surface area contributed by atoms with Crippen LogP contribution in [0.15, 0.2) is 0 Å². The first-order valence-electron chi connectivity index (χ1n) is 7.18. The summed E-state index contributed by atoms with van der Waals surface area (Å²) >= 11 is 0. The van der Waals surface area contributed by atoms with E-state index in [0.717, 1.165) is 12.8 Å². The molecule has 0 spiro atoms. The van der Waals surface area contributed by atoms with E-state index in [9.17, 15) is 14.4 Å². The van der Waals surface area contributed by atoms with Gasteiger partial charge in [-0.2, -0.15) is 0 Å². The number of nitrogens with zero attached hydrogens (tertiary/aromatic N) is 1. The highest BCUT2D eigenvalue weighted by Gasteiger charge is 2.72. The van der Waals surface area contributed by atoms with Crippen molar-refractivity contribution in [2.24, 2.45) is 17.3 Å². The third-order valence-electron chi connectivity index (χ3n) is 4.85. The van der Waals surface area contributed by atoms with Crippen LogP contribution in [0.1, 0.15) is 33.1 Å². The molecule has 110 valence electrons. The minimum atomic E-state index is -0.915. The maximum absolute atomic E-state index is 12.1. The van der Waals surface area contributed by atoms with E-state index in [1.165, 1.54) is 4.90 Å². The van der Waals surface area contributed by atoms with E-state index in [-0.39, 0.29) is 48.1 Å². The van der Waals surface area contributed by atoms with E-state index in [0.29, 0.717) is 0 Å². The van der Waals surface area contributed by atoms with Crippen LogP contribution in [-0.4, -0.2) is 46.4 Å². The lowest BCUT2D eigenvalue weighted by Crippen LogP contribution is -2.43. The van der Waals surface area contributed by atoms with Crippen LogP contribution < -0.4 is 5.32 Å². The van der Waals surface area contributed by atoms with Crippen molar-refractivity contribution in [1.82, 2.24) is 10.2 Å². The second-order valence-corrected chi connectivity index (χ2v) is 6.73. The number of carboxylic acids is 1. The SMILES string of the molecule is CC1(C)C2C(=O)N(CCC(NC3CC3)C(=O)O)C(=O)C21. The van der Waals surface area contributed by atoms with Gasteiger partial charge in [0.1, 0.15) is 6.04 Å². The number of carbonyl (C=O) groups excluding carboxylic acids is 2. The Morgan fingerprint density at radius 1 is 1.35 bits per heavy atom. The van der Waals surface area contributed by atoms with Crippen LogP contribution in [0.25, 0.3) is 0 Å². The molecule has 3 aliphatic rings. The number of carbonyl (C=O) groups is 3. The van der Waals surface area contributed by atoms with Gasteiger partial charge in [0.05, 0.1) is 11.8 Å². The minimum absolute atomic E-state index is 0.124. The molecule has 3 unspecified atom stereocenters. The van der Waals surface area contributed by atoms with Gasteiger partial charge >= 0.3 is 5.97 Å². The molecule has 20 heavy (non-hydrogen) atoms. The van der Waals surface area contributed by atoms with Crippen molar-refractivity contribution in [3.05, 3.63) is 0 Å². The van der Waals surface area contributed by atoms with E-state index in [1.54, 1.807) is 0 Å². The number of likely N-dealkylation sites (tertiary alicyclic amines) is 1. The normalized spacial score (nSPS) is 32.2. The molecule has 1 heterocycles. The standard InChI is InChI=1S/C14H20N2O4/c1-14(2)9-10(14)12(18)16(11(9)17)6-5-8(13(19)20)15-7-3-4-7/h7-10,15H,3-6H2,1-2H3,(H,19,20). The van der Waals surface area contributed by atoms with E-state index in [1.807, 2.05) is 13.8 Å². The molecule has 2 saturated carbocycles.